The Balaban J connectivity index is 4.74. The van der Waals surface area contributed by atoms with Gasteiger partial charge in [-0.15, -0.1) is 0 Å². The van der Waals surface area contributed by atoms with Gasteiger partial charge in [0.05, 0.1) is 12.9 Å². The van der Waals surface area contributed by atoms with Gasteiger partial charge in [-0.1, -0.05) is 26.5 Å². The zero-order chi connectivity index (χ0) is 10.4. The average Bonchev–Trinajstić information content (AvgIpc) is 2.03. The highest BCUT2D eigenvalue weighted by atomic mass is 19.1. The molecule has 0 saturated heterocycles. The van der Waals surface area contributed by atoms with Crippen molar-refractivity contribution in [1.82, 2.24) is 0 Å². The molecule has 0 radical (unpaired) electrons. The molecule has 0 fully saturated rings. The molecule has 13 heavy (non-hydrogen) atoms. The van der Waals surface area contributed by atoms with Crippen molar-refractivity contribution in [1.29, 1.82) is 0 Å². The summed E-state index contributed by atoms with van der Waals surface area (Å²) in [5.74, 6) is 0.685. The third-order valence-corrected chi connectivity index (χ3v) is 1.78. The molecule has 0 saturated carbocycles. The summed E-state index contributed by atoms with van der Waals surface area (Å²) in [6, 6.07) is 0. The van der Waals surface area contributed by atoms with Gasteiger partial charge >= 0.3 is 0 Å². The van der Waals surface area contributed by atoms with Gasteiger partial charge in [0.2, 0.25) is 0 Å². The van der Waals surface area contributed by atoms with Crippen LogP contribution in [0.1, 0.15) is 20.8 Å². The van der Waals surface area contributed by atoms with Crippen molar-refractivity contribution in [3.63, 3.8) is 0 Å². The Morgan fingerprint density at radius 1 is 1.38 bits per heavy atom. The van der Waals surface area contributed by atoms with Crippen LogP contribution in [0.15, 0.2) is 35.9 Å². The summed E-state index contributed by atoms with van der Waals surface area (Å²) < 4.78 is 17.4. The topological polar surface area (TPSA) is 9.23 Å². The molecule has 0 heterocycles. The predicted molar refractivity (Wildman–Crippen MR) is 53.9 cm³/mol. The molecule has 0 N–H and O–H groups in total. The number of methoxy groups -OCH3 is 1. The Hall–Kier alpha value is -1.05. The summed E-state index contributed by atoms with van der Waals surface area (Å²) >= 11 is 0. The van der Waals surface area contributed by atoms with E-state index in [4.69, 9.17) is 4.74 Å². The van der Waals surface area contributed by atoms with E-state index in [2.05, 4.69) is 6.58 Å². The van der Waals surface area contributed by atoms with E-state index in [1.807, 2.05) is 20.8 Å². The number of rotatable bonds is 4. The number of hydrogen-bond acceptors (Lipinski definition) is 1. The maximum absolute atomic E-state index is 12.3. The lowest BCUT2D eigenvalue weighted by Crippen LogP contribution is -1.96. The lowest BCUT2D eigenvalue weighted by atomic mass is 10.0. The molecule has 0 aromatic heterocycles. The largest absolute Gasteiger partial charge is 0.501 e. The molecule has 0 unspecified atom stereocenters. The minimum absolute atomic E-state index is 0.315. The quantitative estimate of drug-likeness (QED) is 0.479. The third kappa shape index (κ3) is 4.51. The predicted octanol–water partition coefficient (Wildman–Crippen LogP) is 3.60. The number of ether oxygens (including phenoxy) is 1. The van der Waals surface area contributed by atoms with Gasteiger partial charge in [-0.05, 0) is 24.5 Å². The van der Waals surface area contributed by atoms with Gasteiger partial charge < -0.3 is 4.74 Å². The van der Waals surface area contributed by atoms with Crippen molar-refractivity contribution in [2.45, 2.75) is 20.8 Å². The molecule has 0 atom stereocenters. The van der Waals surface area contributed by atoms with Crippen LogP contribution in [0.2, 0.25) is 0 Å². The summed E-state index contributed by atoms with van der Waals surface area (Å²) in [5, 5.41) is 0. The fourth-order valence-electron chi connectivity index (χ4n) is 1.01. The van der Waals surface area contributed by atoms with E-state index in [9.17, 15) is 4.39 Å². The number of allylic oxidation sites excluding steroid dienone is 5. The van der Waals surface area contributed by atoms with Crippen molar-refractivity contribution < 1.29 is 9.13 Å². The molecule has 0 aliphatic carbocycles. The van der Waals surface area contributed by atoms with Gasteiger partial charge in [0.15, 0.2) is 0 Å². The normalized spacial score (nSPS) is 13.4. The second-order valence-corrected chi connectivity index (χ2v) is 3.15. The molecule has 0 aromatic carbocycles. The van der Waals surface area contributed by atoms with Crippen molar-refractivity contribution in [3.05, 3.63) is 35.9 Å². The molecular formula is C11H17FO. The van der Waals surface area contributed by atoms with Crippen molar-refractivity contribution in [2.24, 2.45) is 5.92 Å². The van der Waals surface area contributed by atoms with E-state index in [0.717, 1.165) is 11.3 Å². The van der Waals surface area contributed by atoms with Crippen LogP contribution in [-0.2, 0) is 4.74 Å². The van der Waals surface area contributed by atoms with Crippen LogP contribution >= 0.6 is 0 Å². The van der Waals surface area contributed by atoms with Gasteiger partial charge in [-0.2, -0.15) is 0 Å². The molecule has 0 bridgehead atoms. The monoisotopic (exact) mass is 184 g/mol. The van der Waals surface area contributed by atoms with Gasteiger partial charge in [0.25, 0.3) is 0 Å². The van der Waals surface area contributed by atoms with Crippen LogP contribution in [0.25, 0.3) is 0 Å². The van der Waals surface area contributed by atoms with Gasteiger partial charge in [0, 0.05) is 0 Å². The SMILES string of the molecule is C=C(F)/C=C\C(=C(/C)OC)C(C)C. The highest BCUT2D eigenvalue weighted by molar-refractivity contribution is 5.27. The molecule has 74 valence electrons. The smallest absolute Gasteiger partial charge is 0.116 e. The second kappa shape index (κ2) is 5.57. The number of halogens is 1. The Morgan fingerprint density at radius 2 is 1.92 bits per heavy atom. The van der Waals surface area contributed by atoms with Crippen molar-refractivity contribution >= 4 is 0 Å². The summed E-state index contributed by atoms with van der Waals surface area (Å²) in [5.41, 5.74) is 0.987. The zero-order valence-corrected chi connectivity index (χ0v) is 8.73. The summed E-state index contributed by atoms with van der Waals surface area (Å²) in [4.78, 5) is 0. The van der Waals surface area contributed by atoms with E-state index in [0.29, 0.717) is 5.92 Å². The van der Waals surface area contributed by atoms with Crippen LogP contribution in [-0.4, -0.2) is 7.11 Å². The van der Waals surface area contributed by atoms with Crippen LogP contribution in [0.5, 0.6) is 0 Å². The summed E-state index contributed by atoms with van der Waals surface area (Å²) in [6.45, 7) is 9.08. The van der Waals surface area contributed by atoms with Crippen molar-refractivity contribution in [3.8, 4) is 0 Å². The van der Waals surface area contributed by atoms with Crippen LogP contribution in [0.3, 0.4) is 0 Å². The van der Waals surface area contributed by atoms with E-state index in [1.54, 1.807) is 13.2 Å². The van der Waals surface area contributed by atoms with Crippen LogP contribution in [0.4, 0.5) is 4.39 Å². The fourth-order valence-corrected chi connectivity index (χ4v) is 1.01. The Labute approximate surface area is 79.6 Å². The summed E-state index contributed by atoms with van der Waals surface area (Å²) in [6.07, 6.45) is 3.05. The van der Waals surface area contributed by atoms with E-state index < -0.39 is 5.83 Å². The minimum atomic E-state index is -0.443. The van der Waals surface area contributed by atoms with Crippen LogP contribution < -0.4 is 0 Å². The molecule has 0 aromatic rings. The van der Waals surface area contributed by atoms with Gasteiger partial charge in [-0.3, -0.25) is 0 Å². The molecular weight excluding hydrogens is 167 g/mol. The molecule has 0 spiro atoms. The Kier molecular flexibility index (Phi) is 5.12. The molecule has 0 rings (SSSR count). The number of hydrogen-bond donors (Lipinski definition) is 0. The highest BCUT2D eigenvalue weighted by Crippen LogP contribution is 2.17. The maximum Gasteiger partial charge on any atom is 0.116 e. The molecule has 0 aliphatic rings. The van der Waals surface area contributed by atoms with E-state index in [-0.39, 0.29) is 0 Å². The van der Waals surface area contributed by atoms with E-state index in [1.165, 1.54) is 6.08 Å². The lowest BCUT2D eigenvalue weighted by Gasteiger charge is -2.10. The van der Waals surface area contributed by atoms with Gasteiger partial charge in [-0.25, -0.2) is 4.39 Å². The standard InChI is InChI=1S/C11H17FO/c1-8(2)11(10(4)13-5)7-6-9(3)12/h6-8H,3H2,1-2,4-5H3/b7-6-,11-10-. The Morgan fingerprint density at radius 3 is 2.23 bits per heavy atom. The van der Waals surface area contributed by atoms with Crippen LogP contribution in [0, 0.1) is 5.92 Å². The highest BCUT2D eigenvalue weighted by Gasteiger charge is 2.04. The first-order valence-corrected chi connectivity index (χ1v) is 4.26. The van der Waals surface area contributed by atoms with Crippen molar-refractivity contribution in [2.75, 3.05) is 7.11 Å². The Bertz CT molecular complexity index is 236. The first-order chi connectivity index (χ1) is 5.99. The maximum atomic E-state index is 12.3. The zero-order valence-electron chi connectivity index (χ0n) is 8.73. The third-order valence-electron chi connectivity index (χ3n) is 1.78. The minimum Gasteiger partial charge on any atom is -0.501 e. The lowest BCUT2D eigenvalue weighted by molar-refractivity contribution is 0.286. The first-order valence-electron chi connectivity index (χ1n) is 4.26. The molecule has 1 nitrogen and oxygen atoms in total. The fraction of sp³-hybridized carbons (Fsp3) is 0.455. The summed E-state index contributed by atoms with van der Waals surface area (Å²) in [7, 11) is 1.61. The molecule has 0 amide bonds. The second-order valence-electron chi connectivity index (χ2n) is 3.15. The average molecular weight is 184 g/mol. The van der Waals surface area contributed by atoms with E-state index >= 15 is 0 Å². The molecule has 2 heteroatoms. The molecule has 0 aliphatic heterocycles. The first kappa shape index (κ1) is 11.9. The van der Waals surface area contributed by atoms with Gasteiger partial charge in [0.1, 0.15) is 5.83 Å².